The van der Waals surface area contributed by atoms with Crippen molar-refractivity contribution in [3.05, 3.63) is 12.2 Å². The van der Waals surface area contributed by atoms with Crippen LogP contribution < -0.4 is 0 Å². The molecule has 0 aromatic carbocycles. The number of hydrogen-bond acceptors (Lipinski definition) is 5. The molecule has 0 saturated heterocycles. The summed E-state index contributed by atoms with van der Waals surface area (Å²) in [5.41, 5.74) is 0.583. The zero-order chi connectivity index (χ0) is 13.0. The molecule has 0 aliphatic rings. The van der Waals surface area contributed by atoms with Gasteiger partial charge >= 0.3 is 23.7 Å². The van der Waals surface area contributed by atoms with Gasteiger partial charge in [-0.3, -0.25) is 9.46 Å². The van der Waals surface area contributed by atoms with E-state index in [1.54, 1.807) is 6.92 Å². The van der Waals surface area contributed by atoms with Crippen LogP contribution in [-0.2, 0) is 22.3 Å². The summed E-state index contributed by atoms with van der Waals surface area (Å²) >= 11 is 0. The zero-order valence-corrected chi connectivity index (χ0v) is 11.0. The summed E-state index contributed by atoms with van der Waals surface area (Å²) < 4.78 is 39.7. The molecule has 0 aliphatic carbocycles. The molecule has 0 aliphatic heterocycles. The molecule has 0 aromatic heterocycles. The highest BCUT2D eigenvalue weighted by molar-refractivity contribution is 7.66. The van der Waals surface area contributed by atoms with Crippen LogP contribution in [0.1, 0.15) is 13.3 Å². The molecular formula is C5H12O8P3+. The van der Waals surface area contributed by atoms with Gasteiger partial charge in [0.05, 0.1) is 6.16 Å². The second-order valence-electron chi connectivity index (χ2n) is 2.94. The first-order valence-corrected chi connectivity index (χ1v) is 8.29. The Bertz CT molecular complexity index is 376. The van der Waals surface area contributed by atoms with Crippen LogP contribution in [-0.4, -0.2) is 20.8 Å². The normalized spacial score (nSPS) is 19.6. The van der Waals surface area contributed by atoms with Gasteiger partial charge < -0.3 is 4.89 Å². The van der Waals surface area contributed by atoms with E-state index in [1.807, 2.05) is 0 Å². The van der Waals surface area contributed by atoms with Crippen molar-refractivity contribution >= 4 is 23.7 Å². The Morgan fingerprint density at radius 1 is 1.44 bits per heavy atom. The van der Waals surface area contributed by atoms with Crippen molar-refractivity contribution in [2.75, 3.05) is 6.16 Å². The molecule has 0 aromatic rings. The molecule has 3 unspecified atom stereocenters. The molecule has 0 spiro atoms. The topological polar surface area (TPSA) is 130 Å². The standard InChI is InChI=1S/C5H11O8P3/c1-5(2)3-4-15(8,9)13-16(10,11)12-14(6)7/h1,3-4H2,2H3,(H2-,6,7,8,9,10,11)/p+1. The van der Waals surface area contributed by atoms with E-state index in [0.29, 0.717) is 5.57 Å². The molecule has 0 bridgehead atoms. The molecule has 11 heteroatoms. The van der Waals surface area contributed by atoms with Gasteiger partial charge in [-0.25, -0.2) is 8.88 Å². The van der Waals surface area contributed by atoms with Gasteiger partial charge in [-0.15, -0.1) is 11.5 Å². The van der Waals surface area contributed by atoms with Crippen molar-refractivity contribution in [2.45, 2.75) is 13.3 Å². The van der Waals surface area contributed by atoms with Gasteiger partial charge in [-0.1, -0.05) is 5.57 Å². The first-order valence-electron chi connectivity index (χ1n) is 3.90. The fraction of sp³-hybridized carbons (Fsp3) is 0.600. The highest BCUT2D eigenvalue weighted by atomic mass is 31.3. The van der Waals surface area contributed by atoms with Crippen molar-refractivity contribution in [3.8, 4) is 0 Å². The van der Waals surface area contributed by atoms with Crippen LogP contribution in [0.4, 0.5) is 0 Å². The van der Waals surface area contributed by atoms with Crippen molar-refractivity contribution in [1.82, 2.24) is 0 Å². The maximum atomic E-state index is 11.2. The van der Waals surface area contributed by atoms with Gasteiger partial charge in [0.1, 0.15) is 0 Å². The van der Waals surface area contributed by atoms with Crippen LogP contribution in [0.25, 0.3) is 0 Å². The highest BCUT2D eigenvalue weighted by Gasteiger charge is 2.41. The van der Waals surface area contributed by atoms with Gasteiger partial charge in [-0.05, 0) is 17.7 Å². The number of hydrogen-bond donors (Lipinski definition) is 3. The van der Waals surface area contributed by atoms with E-state index in [2.05, 4.69) is 15.2 Å². The SMILES string of the molecule is C=C(C)CCP(=O)(O)OP(=O)(O)O[P+](=O)O. The summed E-state index contributed by atoms with van der Waals surface area (Å²) in [6.07, 6.45) is -0.322. The molecule has 0 rings (SSSR count). The minimum Gasteiger partial charge on any atom is -0.324 e. The van der Waals surface area contributed by atoms with Gasteiger partial charge in [0.15, 0.2) is 0 Å². The number of rotatable bonds is 7. The van der Waals surface area contributed by atoms with Crippen LogP contribution in [0.2, 0.25) is 0 Å². The second-order valence-corrected chi connectivity index (χ2v) is 7.38. The quantitative estimate of drug-likeness (QED) is 0.479. The van der Waals surface area contributed by atoms with Crippen molar-refractivity contribution in [3.63, 3.8) is 0 Å². The third-order valence-electron chi connectivity index (χ3n) is 1.22. The van der Waals surface area contributed by atoms with E-state index in [0.717, 1.165) is 0 Å². The van der Waals surface area contributed by atoms with E-state index in [4.69, 9.17) is 14.7 Å². The number of allylic oxidation sites excluding steroid dienone is 1. The summed E-state index contributed by atoms with van der Waals surface area (Å²) in [5, 5.41) is 0. The third-order valence-corrected chi connectivity index (χ3v) is 5.24. The largest absolute Gasteiger partial charge is 0.705 e. The summed E-state index contributed by atoms with van der Waals surface area (Å²) in [6.45, 7) is 5.06. The summed E-state index contributed by atoms with van der Waals surface area (Å²) in [4.78, 5) is 26.1. The summed E-state index contributed by atoms with van der Waals surface area (Å²) in [5.74, 6) is 0. The first kappa shape index (κ1) is 16.1. The zero-order valence-electron chi connectivity index (χ0n) is 8.35. The van der Waals surface area contributed by atoms with Gasteiger partial charge in [0.2, 0.25) is 0 Å². The highest BCUT2D eigenvalue weighted by Crippen LogP contribution is 2.63. The predicted molar refractivity (Wildman–Crippen MR) is 55.9 cm³/mol. The van der Waals surface area contributed by atoms with Crippen LogP contribution in [0.5, 0.6) is 0 Å². The maximum absolute atomic E-state index is 11.2. The van der Waals surface area contributed by atoms with E-state index < -0.39 is 29.8 Å². The van der Waals surface area contributed by atoms with Crippen LogP contribution in [0.15, 0.2) is 12.2 Å². The average Bonchev–Trinajstić information content (AvgIpc) is 1.95. The van der Waals surface area contributed by atoms with E-state index in [1.165, 1.54) is 0 Å². The Morgan fingerprint density at radius 3 is 2.31 bits per heavy atom. The van der Waals surface area contributed by atoms with E-state index in [-0.39, 0.29) is 6.42 Å². The monoisotopic (exact) mass is 293 g/mol. The Morgan fingerprint density at radius 2 is 1.94 bits per heavy atom. The fourth-order valence-electron chi connectivity index (χ4n) is 0.637. The Kier molecular flexibility index (Phi) is 6.18. The van der Waals surface area contributed by atoms with Crippen LogP contribution >= 0.6 is 23.7 Å². The first-order chi connectivity index (χ1) is 7.04. The lowest BCUT2D eigenvalue weighted by Crippen LogP contribution is -1.95. The van der Waals surface area contributed by atoms with Crippen molar-refractivity contribution in [2.24, 2.45) is 0 Å². The number of phosphoric acid groups is 1. The van der Waals surface area contributed by atoms with E-state index in [9.17, 15) is 13.7 Å². The summed E-state index contributed by atoms with van der Waals surface area (Å²) in [7, 11) is -12.8. The second kappa shape index (κ2) is 6.15. The molecule has 8 nitrogen and oxygen atoms in total. The van der Waals surface area contributed by atoms with E-state index >= 15 is 0 Å². The van der Waals surface area contributed by atoms with Crippen LogP contribution in [0, 0.1) is 0 Å². The average molecular weight is 293 g/mol. The van der Waals surface area contributed by atoms with Crippen molar-refractivity contribution in [1.29, 1.82) is 0 Å². The molecule has 94 valence electrons. The van der Waals surface area contributed by atoms with Gasteiger partial charge in [0, 0.05) is 4.57 Å². The molecule has 0 saturated carbocycles. The smallest absolute Gasteiger partial charge is 0.324 e. The Labute approximate surface area is 93.0 Å². The molecule has 3 atom stereocenters. The lowest BCUT2D eigenvalue weighted by Gasteiger charge is -2.11. The molecule has 16 heavy (non-hydrogen) atoms. The molecule has 0 radical (unpaired) electrons. The molecule has 0 amide bonds. The molecule has 3 N–H and O–H groups in total. The lowest BCUT2D eigenvalue weighted by molar-refractivity contribution is 0.263. The minimum absolute atomic E-state index is 0.110. The Balaban J connectivity index is 4.45. The predicted octanol–water partition coefficient (Wildman–Crippen LogP) is 1.92. The third kappa shape index (κ3) is 8.28. The van der Waals surface area contributed by atoms with Gasteiger partial charge in [-0.2, -0.15) is 0 Å². The molecular weight excluding hydrogens is 281 g/mol. The molecule has 0 heterocycles. The summed E-state index contributed by atoms with van der Waals surface area (Å²) in [6, 6.07) is 0. The Hall–Kier alpha value is 0.1000. The maximum Gasteiger partial charge on any atom is 0.705 e. The van der Waals surface area contributed by atoms with Crippen LogP contribution in [0.3, 0.4) is 0 Å². The fourth-order valence-corrected chi connectivity index (χ4v) is 4.01. The lowest BCUT2D eigenvalue weighted by atomic mass is 10.3. The minimum atomic E-state index is -5.01. The van der Waals surface area contributed by atoms with Crippen molar-refractivity contribution < 1.29 is 37.0 Å². The van der Waals surface area contributed by atoms with Gasteiger partial charge in [0.25, 0.3) is 0 Å². The molecule has 0 fully saturated rings.